The fraction of sp³-hybridized carbons (Fsp3) is 0.333. The number of nitrogens with zero attached hydrogens (tertiary/aromatic N) is 2. The molecule has 0 saturated heterocycles. The van der Waals surface area contributed by atoms with Crippen molar-refractivity contribution in [2.75, 3.05) is 0 Å². The summed E-state index contributed by atoms with van der Waals surface area (Å²) in [6.45, 7) is 3.27. The SMILES string of the molecule is CCC(C)C(NC(=O)Cn1nc(-c2ccccc2)ccc1=O)C(=O)O. The Labute approximate surface area is 145 Å². The molecule has 0 saturated carbocycles. The maximum Gasteiger partial charge on any atom is 0.326 e. The minimum absolute atomic E-state index is 0.221. The highest BCUT2D eigenvalue weighted by molar-refractivity contribution is 5.83. The van der Waals surface area contributed by atoms with Crippen LogP contribution in [0.5, 0.6) is 0 Å². The lowest BCUT2D eigenvalue weighted by atomic mass is 9.99. The molecule has 0 aliphatic heterocycles. The van der Waals surface area contributed by atoms with Crippen LogP contribution in [-0.4, -0.2) is 32.8 Å². The highest BCUT2D eigenvalue weighted by Crippen LogP contribution is 2.14. The van der Waals surface area contributed by atoms with Crippen LogP contribution in [0.1, 0.15) is 20.3 Å². The van der Waals surface area contributed by atoms with E-state index in [4.69, 9.17) is 0 Å². The van der Waals surface area contributed by atoms with Crippen LogP contribution in [0.4, 0.5) is 0 Å². The zero-order valence-corrected chi connectivity index (χ0v) is 14.2. The Hall–Kier alpha value is -2.96. The fourth-order valence-electron chi connectivity index (χ4n) is 2.36. The normalized spacial score (nSPS) is 13.0. The second-order valence-corrected chi connectivity index (χ2v) is 5.85. The number of carbonyl (C=O) groups is 2. The molecule has 0 fully saturated rings. The Bertz CT molecular complexity index is 801. The molecule has 1 heterocycles. The Morgan fingerprint density at radius 3 is 2.48 bits per heavy atom. The summed E-state index contributed by atoms with van der Waals surface area (Å²) in [5, 5.41) is 15.9. The van der Waals surface area contributed by atoms with Gasteiger partial charge in [0.15, 0.2) is 0 Å². The van der Waals surface area contributed by atoms with Crippen LogP contribution in [0.3, 0.4) is 0 Å². The molecule has 7 nitrogen and oxygen atoms in total. The molecule has 25 heavy (non-hydrogen) atoms. The number of aliphatic carboxylic acids is 1. The number of carboxylic acids is 1. The van der Waals surface area contributed by atoms with E-state index in [2.05, 4.69) is 10.4 Å². The maximum atomic E-state index is 12.2. The molecule has 2 aromatic rings. The first-order chi connectivity index (χ1) is 11.9. The summed E-state index contributed by atoms with van der Waals surface area (Å²) in [6.07, 6.45) is 0.610. The molecule has 0 aliphatic carbocycles. The van der Waals surface area contributed by atoms with E-state index >= 15 is 0 Å². The van der Waals surface area contributed by atoms with E-state index in [1.54, 1.807) is 13.0 Å². The third-order valence-electron chi connectivity index (χ3n) is 4.03. The molecule has 1 amide bonds. The molecule has 1 aromatic heterocycles. The molecular weight excluding hydrogens is 322 g/mol. The smallest absolute Gasteiger partial charge is 0.326 e. The van der Waals surface area contributed by atoms with Crippen molar-refractivity contribution in [2.24, 2.45) is 5.92 Å². The zero-order valence-electron chi connectivity index (χ0n) is 14.2. The quantitative estimate of drug-likeness (QED) is 0.794. The summed E-state index contributed by atoms with van der Waals surface area (Å²) in [6, 6.07) is 11.2. The van der Waals surface area contributed by atoms with E-state index in [0.29, 0.717) is 12.1 Å². The number of hydrogen-bond acceptors (Lipinski definition) is 4. The summed E-state index contributed by atoms with van der Waals surface area (Å²) < 4.78 is 1.03. The minimum Gasteiger partial charge on any atom is -0.480 e. The van der Waals surface area contributed by atoms with Gasteiger partial charge < -0.3 is 10.4 Å². The standard InChI is InChI=1S/C18H21N3O4/c1-3-12(2)17(18(24)25)19-15(22)11-21-16(23)10-9-14(20-21)13-7-5-4-6-8-13/h4-10,12,17H,3,11H2,1-2H3,(H,19,22)(H,24,25). The van der Waals surface area contributed by atoms with Gasteiger partial charge in [-0.2, -0.15) is 5.10 Å². The lowest BCUT2D eigenvalue weighted by molar-refractivity contribution is -0.143. The van der Waals surface area contributed by atoms with E-state index in [1.807, 2.05) is 37.3 Å². The van der Waals surface area contributed by atoms with Crippen molar-refractivity contribution >= 4 is 11.9 Å². The summed E-state index contributed by atoms with van der Waals surface area (Å²) in [5.41, 5.74) is 0.953. The fourth-order valence-corrected chi connectivity index (χ4v) is 2.36. The lowest BCUT2D eigenvalue weighted by Crippen LogP contribution is -2.47. The second-order valence-electron chi connectivity index (χ2n) is 5.85. The molecule has 7 heteroatoms. The molecule has 0 radical (unpaired) electrons. The van der Waals surface area contributed by atoms with Crippen LogP contribution in [0.15, 0.2) is 47.3 Å². The van der Waals surface area contributed by atoms with Crippen LogP contribution < -0.4 is 10.9 Å². The first-order valence-electron chi connectivity index (χ1n) is 8.08. The van der Waals surface area contributed by atoms with Gasteiger partial charge in [0.2, 0.25) is 5.91 Å². The van der Waals surface area contributed by atoms with Crippen LogP contribution in [-0.2, 0) is 16.1 Å². The highest BCUT2D eigenvalue weighted by atomic mass is 16.4. The van der Waals surface area contributed by atoms with Gasteiger partial charge in [-0.05, 0) is 12.0 Å². The third-order valence-corrected chi connectivity index (χ3v) is 4.03. The number of benzene rings is 1. The molecule has 132 valence electrons. The van der Waals surface area contributed by atoms with Crippen molar-refractivity contribution in [3.63, 3.8) is 0 Å². The third kappa shape index (κ3) is 4.76. The highest BCUT2D eigenvalue weighted by Gasteiger charge is 2.25. The van der Waals surface area contributed by atoms with Gasteiger partial charge in [-0.3, -0.25) is 9.59 Å². The van der Waals surface area contributed by atoms with Gasteiger partial charge >= 0.3 is 5.97 Å². The largest absolute Gasteiger partial charge is 0.480 e. The zero-order chi connectivity index (χ0) is 18.4. The number of aromatic nitrogens is 2. The van der Waals surface area contributed by atoms with Gasteiger partial charge in [0.1, 0.15) is 12.6 Å². The molecular formula is C18H21N3O4. The van der Waals surface area contributed by atoms with Crippen molar-refractivity contribution < 1.29 is 14.7 Å². The van der Waals surface area contributed by atoms with E-state index in [9.17, 15) is 19.5 Å². The molecule has 0 spiro atoms. The van der Waals surface area contributed by atoms with Gasteiger partial charge in [0, 0.05) is 11.6 Å². The summed E-state index contributed by atoms with van der Waals surface area (Å²) in [4.78, 5) is 35.4. The minimum atomic E-state index is -1.10. The van der Waals surface area contributed by atoms with Gasteiger partial charge in [-0.1, -0.05) is 50.6 Å². The average Bonchev–Trinajstić information content (AvgIpc) is 2.61. The van der Waals surface area contributed by atoms with Gasteiger partial charge in [-0.25, -0.2) is 9.48 Å². The first kappa shape index (κ1) is 18.4. The number of carboxylic acid groups (broad SMARTS) is 1. The number of nitrogens with one attached hydrogen (secondary N) is 1. The monoisotopic (exact) mass is 343 g/mol. The van der Waals surface area contributed by atoms with Crippen LogP contribution in [0.25, 0.3) is 11.3 Å². The van der Waals surface area contributed by atoms with Crippen LogP contribution >= 0.6 is 0 Å². The summed E-state index contributed by atoms with van der Waals surface area (Å²) in [5.74, 6) is -1.88. The molecule has 2 rings (SSSR count). The number of carbonyl (C=O) groups excluding carboxylic acids is 1. The van der Waals surface area contributed by atoms with Crippen molar-refractivity contribution in [1.29, 1.82) is 0 Å². The van der Waals surface area contributed by atoms with E-state index in [1.165, 1.54) is 6.07 Å². The van der Waals surface area contributed by atoms with Crippen molar-refractivity contribution in [1.82, 2.24) is 15.1 Å². The van der Waals surface area contributed by atoms with Crippen molar-refractivity contribution in [2.45, 2.75) is 32.9 Å². The Kier molecular flexibility index (Phi) is 6.05. The maximum absolute atomic E-state index is 12.2. The van der Waals surface area contributed by atoms with Crippen LogP contribution in [0, 0.1) is 5.92 Å². The molecule has 2 atom stereocenters. The van der Waals surface area contributed by atoms with Crippen molar-refractivity contribution in [3.8, 4) is 11.3 Å². The van der Waals surface area contributed by atoms with Gasteiger partial charge in [0.25, 0.3) is 5.56 Å². The number of amides is 1. The number of rotatable bonds is 7. The molecule has 0 aliphatic rings. The summed E-state index contributed by atoms with van der Waals surface area (Å²) in [7, 11) is 0. The van der Waals surface area contributed by atoms with Crippen molar-refractivity contribution in [3.05, 3.63) is 52.8 Å². The second kappa shape index (κ2) is 8.23. The Morgan fingerprint density at radius 2 is 1.88 bits per heavy atom. The topological polar surface area (TPSA) is 101 Å². The predicted molar refractivity (Wildman–Crippen MR) is 93.0 cm³/mol. The Balaban J connectivity index is 2.18. The average molecular weight is 343 g/mol. The number of hydrogen-bond donors (Lipinski definition) is 2. The van der Waals surface area contributed by atoms with Gasteiger partial charge in [-0.15, -0.1) is 0 Å². The molecule has 0 bridgehead atoms. The molecule has 1 aromatic carbocycles. The Morgan fingerprint density at radius 1 is 1.20 bits per heavy atom. The van der Waals surface area contributed by atoms with E-state index in [-0.39, 0.29) is 12.5 Å². The van der Waals surface area contributed by atoms with E-state index < -0.39 is 23.5 Å². The predicted octanol–water partition coefficient (Wildman–Crippen LogP) is 1.53. The summed E-state index contributed by atoms with van der Waals surface area (Å²) >= 11 is 0. The molecule has 2 N–H and O–H groups in total. The lowest BCUT2D eigenvalue weighted by Gasteiger charge is -2.20. The first-order valence-corrected chi connectivity index (χ1v) is 8.08. The van der Waals surface area contributed by atoms with Crippen LogP contribution in [0.2, 0.25) is 0 Å². The van der Waals surface area contributed by atoms with E-state index in [0.717, 1.165) is 10.2 Å². The molecule has 2 unspecified atom stereocenters. The van der Waals surface area contributed by atoms with Gasteiger partial charge in [0.05, 0.1) is 5.69 Å².